The molecule has 110 valence electrons. The van der Waals surface area contributed by atoms with Crippen LogP contribution >= 0.6 is 0 Å². The number of nitrogens with zero attached hydrogens (tertiary/aromatic N) is 1. The van der Waals surface area contributed by atoms with Crippen LogP contribution in [-0.2, 0) is 9.53 Å². The second-order valence-corrected chi connectivity index (χ2v) is 5.02. The van der Waals surface area contributed by atoms with Crippen molar-refractivity contribution in [2.75, 3.05) is 32.8 Å². The molecule has 19 heavy (non-hydrogen) atoms. The number of aliphatic hydroxyl groups is 1. The maximum absolute atomic E-state index is 11.8. The number of amides is 2. The fraction of sp³-hybridized carbons (Fsp3) is 0.833. The van der Waals surface area contributed by atoms with E-state index in [1.54, 1.807) is 11.8 Å². The van der Waals surface area contributed by atoms with E-state index in [0.717, 1.165) is 6.42 Å². The van der Waals surface area contributed by atoms with Crippen LogP contribution in [0.15, 0.2) is 0 Å². The number of carboxylic acid groups (broad SMARTS) is 1. The van der Waals surface area contributed by atoms with Crippen molar-refractivity contribution in [3.8, 4) is 0 Å². The number of nitrogens with one attached hydrogen (secondary N) is 1. The van der Waals surface area contributed by atoms with Crippen LogP contribution in [0.3, 0.4) is 0 Å². The number of carbonyl (C=O) groups excluding carboxylic acids is 1. The minimum absolute atomic E-state index is 0.170. The third kappa shape index (κ3) is 6.40. The van der Waals surface area contributed by atoms with Gasteiger partial charge in [0.15, 0.2) is 0 Å². The molecule has 1 heterocycles. The molecule has 0 radical (unpaired) electrons. The number of aliphatic carboxylic acids is 1. The topological polar surface area (TPSA) is 99.1 Å². The standard InChI is InChI=1S/C12H22N2O5/c1-12(18)3-2-6-14(7-4-12)11(17)13-5-8-19-9-10(15)16/h18H,2-9H2,1H3,(H,13,17)(H,15,16). The zero-order valence-electron chi connectivity index (χ0n) is 11.2. The van der Waals surface area contributed by atoms with E-state index >= 15 is 0 Å². The first kappa shape index (κ1) is 15.7. The van der Waals surface area contributed by atoms with E-state index in [9.17, 15) is 14.7 Å². The van der Waals surface area contributed by atoms with E-state index in [0.29, 0.717) is 25.9 Å². The third-order valence-corrected chi connectivity index (χ3v) is 3.10. The fourth-order valence-electron chi connectivity index (χ4n) is 1.97. The molecule has 1 rings (SSSR count). The summed E-state index contributed by atoms with van der Waals surface area (Å²) in [5.41, 5.74) is -0.695. The zero-order valence-corrected chi connectivity index (χ0v) is 11.2. The van der Waals surface area contributed by atoms with Crippen LogP contribution in [0, 0.1) is 0 Å². The predicted octanol–water partition coefficient (Wildman–Crippen LogP) is 0.0341. The molecule has 1 aliphatic rings. The van der Waals surface area contributed by atoms with Gasteiger partial charge in [0.05, 0.1) is 12.2 Å². The van der Waals surface area contributed by atoms with Crippen molar-refractivity contribution in [3.05, 3.63) is 0 Å². The molecule has 0 spiro atoms. The number of urea groups is 1. The summed E-state index contributed by atoms with van der Waals surface area (Å²) in [6, 6.07) is -0.198. The molecule has 7 heteroatoms. The van der Waals surface area contributed by atoms with E-state index < -0.39 is 11.6 Å². The molecule has 1 fully saturated rings. The Labute approximate surface area is 112 Å². The monoisotopic (exact) mass is 274 g/mol. The summed E-state index contributed by atoms with van der Waals surface area (Å²) in [6.07, 6.45) is 2.03. The number of likely N-dealkylation sites (tertiary alicyclic amines) is 1. The number of carboxylic acids is 1. The average molecular weight is 274 g/mol. The fourth-order valence-corrected chi connectivity index (χ4v) is 1.97. The molecule has 0 aliphatic carbocycles. The van der Waals surface area contributed by atoms with Crippen molar-refractivity contribution in [3.63, 3.8) is 0 Å². The largest absolute Gasteiger partial charge is 0.480 e. The molecule has 0 aromatic rings. The van der Waals surface area contributed by atoms with Crippen molar-refractivity contribution in [1.82, 2.24) is 10.2 Å². The van der Waals surface area contributed by atoms with Crippen molar-refractivity contribution in [2.45, 2.75) is 31.8 Å². The first-order chi connectivity index (χ1) is 8.91. The lowest BCUT2D eigenvalue weighted by atomic mass is 9.98. The van der Waals surface area contributed by atoms with Gasteiger partial charge in [-0.05, 0) is 26.2 Å². The number of ether oxygens (including phenoxy) is 1. The Morgan fingerprint density at radius 1 is 1.37 bits per heavy atom. The minimum atomic E-state index is -1.03. The molecular formula is C12H22N2O5. The van der Waals surface area contributed by atoms with E-state index in [4.69, 9.17) is 9.84 Å². The maximum Gasteiger partial charge on any atom is 0.329 e. The lowest BCUT2D eigenvalue weighted by molar-refractivity contribution is -0.142. The van der Waals surface area contributed by atoms with Crippen molar-refractivity contribution in [2.24, 2.45) is 0 Å². The first-order valence-electron chi connectivity index (χ1n) is 6.45. The Morgan fingerprint density at radius 2 is 2.11 bits per heavy atom. The number of hydrogen-bond acceptors (Lipinski definition) is 4. The SMILES string of the molecule is CC1(O)CCCN(C(=O)NCCOCC(=O)O)CC1. The van der Waals surface area contributed by atoms with Crippen molar-refractivity contribution >= 4 is 12.0 Å². The highest BCUT2D eigenvalue weighted by Gasteiger charge is 2.26. The smallest absolute Gasteiger partial charge is 0.329 e. The number of rotatable bonds is 5. The van der Waals surface area contributed by atoms with E-state index in [-0.39, 0.29) is 25.8 Å². The Morgan fingerprint density at radius 3 is 2.79 bits per heavy atom. The highest BCUT2D eigenvalue weighted by molar-refractivity contribution is 5.74. The van der Waals surface area contributed by atoms with Crippen molar-refractivity contribution in [1.29, 1.82) is 0 Å². The second kappa shape index (κ2) is 7.30. The van der Waals surface area contributed by atoms with Gasteiger partial charge in [0, 0.05) is 19.6 Å². The van der Waals surface area contributed by atoms with Crippen LogP contribution in [0.1, 0.15) is 26.2 Å². The molecule has 1 unspecified atom stereocenters. The van der Waals surface area contributed by atoms with Gasteiger partial charge in [0.2, 0.25) is 0 Å². The molecule has 0 bridgehead atoms. The lowest BCUT2D eigenvalue weighted by Gasteiger charge is -2.22. The van der Waals surface area contributed by atoms with E-state index in [1.807, 2.05) is 0 Å². The average Bonchev–Trinajstić information content (AvgIpc) is 2.49. The zero-order chi connectivity index (χ0) is 14.3. The van der Waals surface area contributed by atoms with Gasteiger partial charge < -0.3 is 25.2 Å². The van der Waals surface area contributed by atoms with Crippen LogP contribution in [0.2, 0.25) is 0 Å². The summed E-state index contributed by atoms with van der Waals surface area (Å²) in [6.45, 7) is 3.02. The minimum Gasteiger partial charge on any atom is -0.480 e. The highest BCUT2D eigenvalue weighted by atomic mass is 16.5. The van der Waals surface area contributed by atoms with Crippen LogP contribution in [0.5, 0.6) is 0 Å². The van der Waals surface area contributed by atoms with Gasteiger partial charge in [0.25, 0.3) is 0 Å². The van der Waals surface area contributed by atoms with Gasteiger partial charge in [-0.2, -0.15) is 0 Å². The van der Waals surface area contributed by atoms with Gasteiger partial charge in [-0.1, -0.05) is 0 Å². The second-order valence-electron chi connectivity index (χ2n) is 5.02. The summed E-state index contributed by atoms with van der Waals surface area (Å²) in [5.74, 6) is -1.03. The number of hydrogen-bond donors (Lipinski definition) is 3. The molecular weight excluding hydrogens is 252 g/mol. The Kier molecular flexibility index (Phi) is 6.04. The number of carbonyl (C=O) groups is 2. The van der Waals surface area contributed by atoms with E-state index in [2.05, 4.69) is 5.32 Å². The summed E-state index contributed by atoms with van der Waals surface area (Å²) in [4.78, 5) is 23.7. The third-order valence-electron chi connectivity index (χ3n) is 3.10. The molecule has 0 saturated carbocycles. The van der Waals surface area contributed by atoms with Crippen LogP contribution in [0.25, 0.3) is 0 Å². The molecule has 1 atom stereocenters. The summed E-state index contributed by atoms with van der Waals surface area (Å²) in [5, 5.41) is 20.9. The lowest BCUT2D eigenvalue weighted by Crippen LogP contribution is -2.42. The van der Waals surface area contributed by atoms with Gasteiger partial charge >= 0.3 is 12.0 Å². The Bertz CT molecular complexity index is 319. The molecule has 3 N–H and O–H groups in total. The quantitative estimate of drug-likeness (QED) is 0.614. The molecule has 0 aromatic carbocycles. The highest BCUT2D eigenvalue weighted by Crippen LogP contribution is 2.21. The summed E-state index contributed by atoms with van der Waals surface area (Å²) in [7, 11) is 0. The van der Waals surface area contributed by atoms with Crippen LogP contribution in [0.4, 0.5) is 4.79 Å². The first-order valence-corrected chi connectivity index (χ1v) is 6.45. The molecule has 2 amide bonds. The molecule has 1 saturated heterocycles. The van der Waals surface area contributed by atoms with Gasteiger partial charge in [0.1, 0.15) is 6.61 Å². The summed E-state index contributed by atoms with van der Waals surface area (Å²) < 4.78 is 4.82. The Balaban J connectivity index is 2.20. The molecule has 7 nitrogen and oxygen atoms in total. The maximum atomic E-state index is 11.8. The van der Waals surface area contributed by atoms with E-state index in [1.165, 1.54) is 0 Å². The predicted molar refractivity (Wildman–Crippen MR) is 67.9 cm³/mol. The molecule has 0 aromatic heterocycles. The van der Waals surface area contributed by atoms with Crippen molar-refractivity contribution < 1.29 is 24.5 Å². The molecule has 1 aliphatic heterocycles. The van der Waals surface area contributed by atoms with Gasteiger partial charge in [-0.3, -0.25) is 0 Å². The normalized spacial score (nSPS) is 23.8. The van der Waals surface area contributed by atoms with Gasteiger partial charge in [-0.15, -0.1) is 0 Å². The van der Waals surface area contributed by atoms with Crippen LogP contribution in [-0.4, -0.2) is 65.6 Å². The summed E-state index contributed by atoms with van der Waals surface area (Å²) >= 11 is 0. The van der Waals surface area contributed by atoms with Gasteiger partial charge in [-0.25, -0.2) is 9.59 Å². The van der Waals surface area contributed by atoms with Crippen LogP contribution < -0.4 is 5.32 Å². The Hall–Kier alpha value is -1.34.